The Morgan fingerprint density at radius 2 is 1.55 bits per heavy atom. The first-order valence-electron chi connectivity index (χ1n) is 13.6. The van der Waals surface area contributed by atoms with E-state index in [9.17, 15) is 14.4 Å². The molecule has 0 aliphatic carbocycles. The van der Waals surface area contributed by atoms with Crippen molar-refractivity contribution in [3.8, 4) is 0 Å². The van der Waals surface area contributed by atoms with Crippen LogP contribution in [0.3, 0.4) is 0 Å². The van der Waals surface area contributed by atoms with Crippen LogP contribution in [0.4, 0.5) is 4.79 Å². The van der Waals surface area contributed by atoms with Gasteiger partial charge >= 0.3 is 17.8 Å². The van der Waals surface area contributed by atoms with Crippen LogP contribution >= 0.6 is 0 Å². The summed E-state index contributed by atoms with van der Waals surface area (Å²) in [5, 5.41) is 0. The fourth-order valence-corrected chi connectivity index (χ4v) is 5.27. The molecule has 1 amide bonds. The van der Waals surface area contributed by atoms with Gasteiger partial charge in [0.25, 0.3) is 0 Å². The highest BCUT2D eigenvalue weighted by atomic mass is 16.6. The fraction of sp³-hybridized carbons (Fsp3) is 0.323. The highest BCUT2D eigenvalue weighted by Gasteiger charge is 2.27. The van der Waals surface area contributed by atoms with Crippen molar-refractivity contribution in [1.82, 2.24) is 19.4 Å². The van der Waals surface area contributed by atoms with Gasteiger partial charge in [-0.25, -0.2) is 14.4 Å². The van der Waals surface area contributed by atoms with E-state index in [4.69, 9.17) is 9.47 Å². The molecule has 1 fully saturated rings. The molecular formula is C31H34N4O5. The summed E-state index contributed by atoms with van der Waals surface area (Å²) in [6, 6.07) is 25.2. The number of amides is 1. The summed E-state index contributed by atoms with van der Waals surface area (Å²) >= 11 is 0. The highest BCUT2D eigenvalue weighted by molar-refractivity contribution is 5.89. The van der Waals surface area contributed by atoms with Gasteiger partial charge in [-0.3, -0.25) is 9.47 Å². The number of imidazole rings is 1. The van der Waals surface area contributed by atoms with Gasteiger partial charge in [0, 0.05) is 38.8 Å². The molecule has 0 bridgehead atoms. The summed E-state index contributed by atoms with van der Waals surface area (Å²) in [4.78, 5) is 44.0. The van der Waals surface area contributed by atoms with E-state index in [1.165, 1.54) is 7.11 Å². The van der Waals surface area contributed by atoms with Gasteiger partial charge in [-0.1, -0.05) is 54.6 Å². The Morgan fingerprint density at radius 1 is 0.900 bits per heavy atom. The van der Waals surface area contributed by atoms with Crippen LogP contribution in [0, 0.1) is 0 Å². The van der Waals surface area contributed by atoms with Crippen LogP contribution in [0.25, 0.3) is 11.0 Å². The number of fused-ring (bicyclic) bond motifs is 1. The normalized spacial score (nSPS) is 14.0. The second-order valence-corrected chi connectivity index (χ2v) is 10.0. The minimum Gasteiger partial charge on any atom is -0.465 e. The number of aromatic amines is 1. The van der Waals surface area contributed by atoms with Crippen LogP contribution in [0.1, 0.15) is 40.4 Å². The molecule has 5 rings (SSSR count). The van der Waals surface area contributed by atoms with Gasteiger partial charge < -0.3 is 19.4 Å². The number of piperidine rings is 1. The maximum Gasteiger partial charge on any atom is 0.409 e. The SMILES string of the molecule is COC(=O)c1ccc(CN(CCOC(=O)N2CCC(n3c(=O)[nH]c4ccccc43)CC2)Cc2ccccc2)cc1. The largest absolute Gasteiger partial charge is 0.465 e. The molecule has 9 nitrogen and oxygen atoms in total. The first kappa shape index (κ1) is 27.2. The smallest absolute Gasteiger partial charge is 0.409 e. The number of nitrogens with zero attached hydrogens (tertiary/aromatic N) is 3. The van der Waals surface area contributed by atoms with Crippen LogP contribution in [-0.2, 0) is 22.6 Å². The first-order valence-corrected chi connectivity index (χ1v) is 13.6. The molecular weight excluding hydrogens is 508 g/mol. The maximum atomic E-state index is 12.9. The fourth-order valence-electron chi connectivity index (χ4n) is 5.27. The van der Waals surface area contributed by atoms with Gasteiger partial charge in [0.1, 0.15) is 6.61 Å². The molecule has 0 atom stereocenters. The Balaban J connectivity index is 1.15. The van der Waals surface area contributed by atoms with Gasteiger partial charge in [-0.2, -0.15) is 0 Å². The Hall–Kier alpha value is -4.37. The van der Waals surface area contributed by atoms with E-state index in [2.05, 4.69) is 22.0 Å². The van der Waals surface area contributed by atoms with Crippen molar-refractivity contribution >= 4 is 23.1 Å². The van der Waals surface area contributed by atoms with Crippen molar-refractivity contribution in [1.29, 1.82) is 0 Å². The van der Waals surface area contributed by atoms with Crippen LogP contribution in [0.15, 0.2) is 83.7 Å². The quantitative estimate of drug-likeness (QED) is 0.311. The van der Waals surface area contributed by atoms with Crippen LogP contribution in [0.2, 0.25) is 0 Å². The molecule has 9 heteroatoms. The number of carbonyl (C=O) groups is 2. The van der Waals surface area contributed by atoms with E-state index >= 15 is 0 Å². The first-order chi connectivity index (χ1) is 19.5. The van der Waals surface area contributed by atoms with Crippen molar-refractivity contribution < 1.29 is 19.1 Å². The molecule has 1 aliphatic rings. The van der Waals surface area contributed by atoms with Crippen molar-refractivity contribution in [2.45, 2.75) is 32.0 Å². The number of aromatic nitrogens is 2. The monoisotopic (exact) mass is 542 g/mol. The summed E-state index contributed by atoms with van der Waals surface area (Å²) in [6.07, 6.45) is 1.06. The predicted octanol–water partition coefficient (Wildman–Crippen LogP) is 4.59. The number of H-pyrrole nitrogens is 1. The van der Waals surface area contributed by atoms with Crippen molar-refractivity contribution in [2.24, 2.45) is 0 Å². The zero-order chi connectivity index (χ0) is 27.9. The minimum atomic E-state index is -0.364. The third kappa shape index (κ3) is 6.43. The van der Waals surface area contributed by atoms with Gasteiger partial charge in [-0.05, 0) is 48.2 Å². The minimum absolute atomic E-state index is 0.0413. The molecule has 0 saturated carbocycles. The molecule has 4 aromatic rings. The second kappa shape index (κ2) is 12.7. The van der Waals surface area contributed by atoms with E-state index in [0.717, 1.165) is 22.2 Å². The third-order valence-corrected chi connectivity index (χ3v) is 7.38. The number of benzene rings is 3. The van der Waals surface area contributed by atoms with Gasteiger partial charge in [0.2, 0.25) is 0 Å². The molecule has 1 aliphatic heterocycles. The summed E-state index contributed by atoms with van der Waals surface area (Å²) in [5.74, 6) is -0.364. The Morgan fingerprint density at radius 3 is 2.25 bits per heavy atom. The third-order valence-electron chi connectivity index (χ3n) is 7.38. The van der Waals surface area contributed by atoms with E-state index in [-0.39, 0.29) is 30.4 Å². The number of esters is 1. The lowest BCUT2D eigenvalue weighted by atomic mass is 10.0. The van der Waals surface area contributed by atoms with E-state index < -0.39 is 0 Å². The molecule has 1 N–H and O–H groups in total. The average Bonchev–Trinajstić information content (AvgIpc) is 3.33. The Kier molecular flexibility index (Phi) is 8.61. The molecule has 0 spiro atoms. The summed E-state index contributed by atoms with van der Waals surface area (Å²) < 4.78 is 12.3. The molecule has 3 aromatic carbocycles. The standard InChI is InChI=1S/C31H34N4O5/c1-39-29(36)25-13-11-24(12-14-25)22-33(21-23-7-3-2-4-8-23)19-20-40-31(38)34-17-15-26(16-18-34)35-28-10-6-5-9-27(28)32-30(35)37/h2-14,26H,15-22H2,1H3,(H,32,37). The van der Waals surface area contributed by atoms with Crippen molar-refractivity contribution in [3.63, 3.8) is 0 Å². The van der Waals surface area contributed by atoms with Crippen LogP contribution < -0.4 is 5.69 Å². The van der Waals surface area contributed by atoms with Gasteiger partial charge in [0.15, 0.2) is 0 Å². The Bertz CT molecular complexity index is 1490. The van der Waals surface area contributed by atoms with Crippen molar-refractivity contribution in [2.75, 3.05) is 33.4 Å². The zero-order valence-corrected chi connectivity index (χ0v) is 22.6. The summed E-state index contributed by atoms with van der Waals surface area (Å²) in [5.41, 5.74) is 4.33. The van der Waals surface area contributed by atoms with Crippen LogP contribution in [-0.4, -0.2) is 64.8 Å². The number of likely N-dealkylation sites (tertiary alicyclic amines) is 1. The zero-order valence-electron chi connectivity index (χ0n) is 22.6. The van der Waals surface area contributed by atoms with Gasteiger partial charge in [0.05, 0.1) is 23.7 Å². The summed E-state index contributed by atoms with van der Waals surface area (Å²) in [7, 11) is 1.37. The van der Waals surface area contributed by atoms with Crippen LogP contribution in [0.5, 0.6) is 0 Å². The predicted molar refractivity (Wildman–Crippen MR) is 152 cm³/mol. The number of carbonyl (C=O) groups excluding carboxylic acids is 2. The van der Waals surface area contributed by atoms with Gasteiger partial charge in [-0.15, -0.1) is 0 Å². The molecule has 0 radical (unpaired) electrons. The molecule has 2 heterocycles. The lowest BCUT2D eigenvalue weighted by Gasteiger charge is -2.32. The topological polar surface area (TPSA) is 96.9 Å². The van der Waals surface area contributed by atoms with Crippen molar-refractivity contribution in [3.05, 3.63) is 106 Å². The number of ether oxygens (including phenoxy) is 2. The molecule has 1 aromatic heterocycles. The molecule has 40 heavy (non-hydrogen) atoms. The number of hydrogen-bond donors (Lipinski definition) is 1. The number of nitrogens with one attached hydrogen (secondary N) is 1. The average molecular weight is 543 g/mol. The van der Waals surface area contributed by atoms with E-state index in [1.54, 1.807) is 17.0 Å². The lowest BCUT2D eigenvalue weighted by Crippen LogP contribution is -2.41. The number of hydrogen-bond acceptors (Lipinski definition) is 6. The van der Waals surface area contributed by atoms with E-state index in [0.29, 0.717) is 51.1 Å². The lowest BCUT2D eigenvalue weighted by molar-refractivity contribution is 0.0600. The number of rotatable bonds is 9. The number of para-hydroxylation sites is 2. The molecule has 1 saturated heterocycles. The molecule has 0 unspecified atom stereocenters. The summed E-state index contributed by atoms with van der Waals surface area (Å²) in [6.45, 7) is 3.22. The number of methoxy groups -OCH3 is 1. The Labute approximate surface area is 232 Å². The molecule has 208 valence electrons. The highest BCUT2D eigenvalue weighted by Crippen LogP contribution is 2.25. The van der Waals surface area contributed by atoms with E-state index in [1.807, 2.05) is 59.2 Å². The maximum absolute atomic E-state index is 12.9. The second-order valence-electron chi connectivity index (χ2n) is 10.0.